The van der Waals surface area contributed by atoms with E-state index in [0.717, 1.165) is 0 Å². The molecule has 0 aromatic rings. The summed E-state index contributed by atoms with van der Waals surface area (Å²) in [6.45, 7) is -0.827. The Bertz CT molecular complexity index is 397. The summed E-state index contributed by atoms with van der Waals surface area (Å²) >= 11 is 0. The van der Waals surface area contributed by atoms with Gasteiger partial charge in [-0.1, -0.05) is 0 Å². The SMILES string of the molecule is O=C=NCC1(CO)CC(N=C=O)CC(CO)(CO)C1. The van der Waals surface area contributed by atoms with E-state index < -0.39 is 16.9 Å². The Morgan fingerprint density at radius 2 is 1.58 bits per heavy atom. The summed E-state index contributed by atoms with van der Waals surface area (Å²) < 4.78 is 0. The molecule has 0 aliphatic heterocycles. The minimum atomic E-state index is -0.843. The molecule has 0 saturated heterocycles. The van der Waals surface area contributed by atoms with E-state index in [-0.39, 0.29) is 26.4 Å². The quantitative estimate of drug-likeness (QED) is 0.429. The number of carbonyl (C=O) groups excluding carboxylic acids is 2. The lowest BCUT2D eigenvalue weighted by molar-refractivity contribution is -0.0519. The van der Waals surface area contributed by atoms with E-state index in [2.05, 4.69) is 9.98 Å². The highest BCUT2D eigenvalue weighted by atomic mass is 16.3. The van der Waals surface area contributed by atoms with Gasteiger partial charge in [0.2, 0.25) is 12.2 Å². The Morgan fingerprint density at radius 3 is 2.05 bits per heavy atom. The monoisotopic (exact) mass is 270 g/mol. The minimum Gasteiger partial charge on any atom is -0.396 e. The Kier molecular flexibility index (Phi) is 5.54. The predicted molar refractivity (Wildman–Crippen MR) is 64.9 cm³/mol. The molecule has 1 saturated carbocycles. The molecule has 3 N–H and O–H groups in total. The van der Waals surface area contributed by atoms with Gasteiger partial charge in [0.1, 0.15) is 0 Å². The van der Waals surface area contributed by atoms with Crippen LogP contribution in [0.3, 0.4) is 0 Å². The van der Waals surface area contributed by atoms with Crippen molar-refractivity contribution in [1.82, 2.24) is 0 Å². The molecule has 0 aromatic heterocycles. The summed E-state index contributed by atoms with van der Waals surface area (Å²) in [6, 6.07) is -0.459. The maximum Gasteiger partial charge on any atom is 0.235 e. The number of isocyanates is 2. The summed E-state index contributed by atoms with van der Waals surface area (Å²) in [4.78, 5) is 27.8. The van der Waals surface area contributed by atoms with Crippen LogP contribution in [0, 0.1) is 10.8 Å². The van der Waals surface area contributed by atoms with Gasteiger partial charge in [0.15, 0.2) is 0 Å². The molecule has 1 aliphatic rings. The molecule has 0 spiro atoms. The fourth-order valence-electron chi connectivity index (χ4n) is 2.96. The van der Waals surface area contributed by atoms with Gasteiger partial charge in [-0.2, -0.15) is 0 Å². The molecule has 2 unspecified atom stereocenters. The number of hydrogen-bond acceptors (Lipinski definition) is 7. The Morgan fingerprint density at radius 1 is 1.00 bits per heavy atom. The molecule has 1 rings (SSSR count). The van der Waals surface area contributed by atoms with Crippen molar-refractivity contribution in [2.45, 2.75) is 25.3 Å². The van der Waals surface area contributed by atoms with Gasteiger partial charge in [-0.25, -0.2) is 19.6 Å². The van der Waals surface area contributed by atoms with E-state index in [1.54, 1.807) is 0 Å². The van der Waals surface area contributed by atoms with Gasteiger partial charge in [0.05, 0.1) is 32.4 Å². The van der Waals surface area contributed by atoms with Crippen LogP contribution in [0.5, 0.6) is 0 Å². The number of nitrogens with zero attached hydrogens (tertiary/aromatic N) is 2. The second-order valence-corrected chi connectivity index (χ2v) is 5.34. The van der Waals surface area contributed by atoms with Gasteiger partial charge in [-0.3, -0.25) is 0 Å². The highest BCUT2D eigenvalue weighted by Crippen LogP contribution is 2.47. The molecule has 0 aromatic carbocycles. The molecular formula is C12H18N2O5. The first-order chi connectivity index (χ1) is 9.09. The van der Waals surface area contributed by atoms with Crippen molar-refractivity contribution in [1.29, 1.82) is 0 Å². The first kappa shape index (κ1) is 15.7. The smallest absolute Gasteiger partial charge is 0.235 e. The third-order valence-electron chi connectivity index (χ3n) is 3.81. The minimum absolute atomic E-state index is 0.0274. The van der Waals surface area contributed by atoms with E-state index in [1.807, 2.05) is 0 Å². The first-order valence-electron chi connectivity index (χ1n) is 6.02. The largest absolute Gasteiger partial charge is 0.396 e. The maximum absolute atomic E-state index is 10.4. The molecule has 106 valence electrons. The third kappa shape index (κ3) is 3.56. The normalized spacial score (nSPS) is 29.1. The molecule has 2 atom stereocenters. The summed E-state index contributed by atoms with van der Waals surface area (Å²) in [5.74, 6) is 0. The summed E-state index contributed by atoms with van der Waals surface area (Å²) in [5.41, 5.74) is -1.63. The Labute approximate surface area is 110 Å². The molecule has 7 nitrogen and oxygen atoms in total. The van der Waals surface area contributed by atoms with Gasteiger partial charge < -0.3 is 15.3 Å². The second kappa shape index (κ2) is 6.70. The van der Waals surface area contributed by atoms with E-state index in [0.29, 0.717) is 19.3 Å². The molecule has 0 heterocycles. The number of aliphatic hydroxyl groups excluding tert-OH is 3. The first-order valence-corrected chi connectivity index (χ1v) is 6.02. The van der Waals surface area contributed by atoms with Gasteiger partial charge in [-0.15, -0.1) is 0 Å². The zero-order valence-corrected chi connectivity index (χ0v) is 10.6. The zero-order valence-electron chi connectivity index (χ0n) is 10.6. The van der Waals surface area contributed by atoms with Crippen molar-refractivity contribution >= 4 is 12.2 Å². The average molecular weight is 270 g/mol. The van der Waals surface area contributed by atoms with Gasteiger partial charge >= 0.3 is 0 Å². The summed E-state index contributed by atoms with van der Waals surface area (Å²) in [6.07, 6.45) is 3.87. The molecule has 19 heavy (non-hydrogen) atoms. The van der Waals surface area contributed by atoms with Gasteiger partial charge in [0, 0.05) is 10.8 Å². The van der Waals surface area contributed by atoms with Crippen LogP contribution in [0.25, 0.3) is 0 Å². The fourth-order valence-corrected chi connectivity index (χ4v) is 2.96. The second-order valence-electron chi connectivity index (χ2n) is 5.34. The summed E-state index contributed by atoms with van der Waals surface area (Å²) in [5, 5.41) is 28.6. The zero-order chi connectivity index (χ0) is 14.4. The van der Waals surface area contributed by atoms with Crippen molar-refractivity contribution in [2.75, 3.05) is 26.4 Å². The van der Waals surface area contributed by atoms with E-state index in [4.69, 9.17) is 0 Å². The van der Waals surface area contributed by atoms with Crippen molar-refractivity contribution in [2.24, 2.45) is 20.8 Å². The highest BCUT2D eigenvalue weighted by molar-refractivity contribution is 5.34. The Balaban J connectivity index is 3.08. The van der Waals surface area contributed by atoms with Crippen LogP contribution in [-0.4, -0.2) is 59.9 Å². The lowest BCUT2D eigenvalue weighted by Gasteiger charge is -2.47. The van der Waals surface area contributed by atoms with Crippen LogP contribution in [0.15, 0.2) is 9.98 Å². The lowest BCUT2D eigenvalue weighted by Crippen LogP contribution is -2.49. The standard InChI is InChI=1S/C12H18N2O5/c15-5-11(4-13-8-18)1-10(14-9-19)2-12(3-11,6-16)7-17/h10,15-17H,1-7H2. The van der Waals surface area contributed by atoms with Crippen LogP contribution >= 0.6 is 0 Å². The topological polar surface area (TPSA) is 120 Å². The number of aliphatic hydroxyl groups is 3. The molecule has 7 heteroatoms. The van der Waals surface area contributed by atoms with Gasteiger partial charge in [-0.05, 0) is 19.3 Å². The average Bonchev–Trinajstić information content (AvgIpc) is 2.45. The van der Waals surface area contributed by atoms with E-state index in [1.165, 1.54) is 12.2 Å². The van der Waals surface area contributed by atoms with Crippen LogP contribution in [0.1, 0.15) is 19.3 Å². The maximum atomic E-state index is 10.4. The lowest BCUT2D eigenvalue weighted by atomic mass is 9.61. The molecule has 0 amide bonds. The molecule has 1 aliphatic carbocycles. The molecule has 1 fully saturated rings. The number of rotatable bonds is 6. The van der Waals surface area contributed by atoms with Crippen molar-refractivity contribution in [3.63, 3.8) is 0 Å². The number of hydrogen-bond donors (Lipinski definition) is 3. The molecule has 0 bridgehead atoms. The fraction of sp³-hybridized carbons (Fsp3) is 0.833. The summed E-state index contributed by atoms with van der Waals surface area (Å²) in [7, 11) is 0. The van der Waals surface area contributed by atoms with E-state index >= 15 is 0 Å². The van der Waals surface area contributed by atoms with Crippen LogP contribution < -0.4 is 0 Å². The molecular weight excluding hydrogens is 252 g/mol. The van der Waals surface area contributed by atoms with E-state index in [9.17, 15) is 24.9 Å². The van der Waals surface area contributed by atoms with Crippen molar-refractivity contribution in [3.05, 3.63) is 0 Å². The van der Waals surface area contributed by atoms with Crippen LogP contribution in [0.4, 0.5) is 0 Å². The predicted octanol–water partition coefficient (Wildman–Crippen LogP) is -0.840. The van der Waals surface area contributed by atoms with Crippen LogP contribution in [-0.2, 0) is 9.59 Å². The van der Waals surface area contributed by atoms with Crippen molar-refractivity contribution in [3.8, 4) is 0 Å². The molecule has 0 radical (unpaired) electrons. The number of aliphatic imine (C=N–C) groups is 2. The van der Waals surface area contributed by atoms with Crippen molar-refractivity contribution < 1.29 is 24.9 Å². The van der Waals surface area contributed by atoms with Crippen LogP contribution in [0.2, 0.25) is 0 Å². The highest BCUT2D eigenvalue weighted by Gasteiger charge is 2.48. The Hall–Kier alpha value is -1.36. The van der Waals surface area contributed by atoms with Gasteiger partial charge in [0.25, 0.3) is 0 Å². The third-order valence-corrected chi connectivity index (χ3v) is 3.81.